The molecule has 0 spiro atoms. The second-order valence-electron chi connectivity index (χ2n) is 5.96. The number of halogens is 1. The van der Waals surface area contributed by atoms with Gasteiger partial charge in [-0.2, -0.15) is 4.98 Å². The molecule has 23 heavy (non-hydrogen) atoms. The lowest BCUT2D eigenvalue weighted by molar-refractivity contribution is 0.00494. The van der Waals surface area contributed by atoms with E-state index in [1.54, 1.807) is 23.1 Å². The Morgan fingerprint density at radius 3 is 3.13 bits per heavy atom. The molecule has 7 nitrogen and oxygen atoms in total. The molecule has 0 aliphatic carbocycles. The van der Waals surface area contributed by atoms with Crippen LogP contribution in [0.5, 0.6) is 0 Å². The number of fused-ring (bicyclic) bond motifs is 1. The topological polar surface area (TPSA) is 80.2 Å². The van der Waals surface area contributed by atoms with Crippen molar-refractivity contribution in [3.05, 3.63) is 36.4 Å². The van der Waals surface area contributed by atoms with Crippen LogP contribution >= 0.6 is 0 Å². The van der Waals surface area contributed by atoms with Crippen LogP contribution in [0.1, 0.15) is 12.8 Å². The molecular weight excluding hydrogens is 301 g/mol. The lowest BCUT2D eigenvalue weighted by Crippen LogP contribution is -2.50. The first-order valence-corrected chi connectivity index (χ1v) is 7.49. The second kappa shape index (κ2) is 5.31. The molecule has 1 atom stereocenters. The molecule has 1 fully saturated rings. The molecule has 120 valence electrons. The van der Waals surface area contributed by atoms with Crippen LogP contribution in [-0.4, -0.2) is 43.8 Å². The zero-order chi connectivity index (χ0) is 15.9. The normalized spacial score (nSPS) is 21.9. The summed E-state index contributed by atoms with van der Waals surface area (Å²) in [5.74, 6) is -0.348. The molecule has 1 aliphatic rings. The predicted octanol–water partition coefficient (Wildman–Crippen LogP) is 1.59. The number of aromatic nitrogens is 4. The van der Waals surface area contributed by atoms with E-state index in [1.807, 2.05) is 4.90 Å². The Hall–Kier alpha value is -2.48. The molecular formula is C15H16FN5O2. The Balaban J connectivity index is 1.58. The fourth-order valence-corrected chi connectivity index (χ4v) is 3.05. The van der Waals surface area contributed by atoms with Crippen LogP contribution in [0, 0.1) is 5.82 Å². The quantitative estimate of drug-likeness (QED) is 0.790. The molecule has 3 aromatic rings. The van der Waals surface area contributed by atoms with Gasteiger partial charge in [0.25, 0.3) is 6.01 Å². The fraction of sp³-hybridized carbons (Fsp3) is 0.400. The highest BCUT2D eigenvalue weighted by molar-refractivity contribution is 5.74. The van der Waals surface area contributed by atoms with Crippen molar-refractivity contribution in [2.45, 2.75) is 25.0 Å². The van der Waals surface area contributed by atoms with Gasteiger partial charge in [0, 0.05) is 18.8 Å². The summed E-state index contributed by atoms with van der Waals surface area (Å²) in [7, 11) is 0. The minimum absolute atomic E-state index is 0.348. The highest BCUT2D eigenvalue weighted by atomic mass is 19.1. The Morgan fingerprint density at radius 2 is 2.30 bits per heavy atom. The summed E-state index contributed by atoms with van der Waals surface area (Å²) in [6.07, 6.45) is 4.77. The highest BCUT2D eigenvalue weighted by Gasteiger charge is 2.35. The van der Waals surface area contributed by atoms with E-state index in [0.717, 1.165) is 13.0 Å². The van der Waals surface area contributed by atoms with Crippen molar-refractivity contribution in [1.29, 1.82) is 0 Å². The van der Waals surface area contributed by atoms with Gasteiger partial charge >= 0.3 is 0 Å². The largest absolute Gasteiger partial charge is 0.423 e. The molecule has 1 aliphatic heterocycles. The van der Waals surface area contributed by atoms with Crippen molar-refractivity contribution in [1.82, 2.24) is 20.0 Å². The number of piperidine rings is 1. The average Bonchev–Trinajstić information content (AvgIpc) is 3.15. The Bertz CT molecular complexity index is 819. The molecule has 3 heterocycles. The number of hydrogen-bond acceptors (Lipinski definition) is 6. The lowest BCUT2D eigenvalue weighted by Gasteiger charge is -2.38. The minimum atomic E-state index is -0.933. The maximum absolute atomic E-state index is 13.3. The summed E-state index contributed by atoms with van der Waals surface area (Å²) in [5, 5.41) is 18.5. The van der Waals surface area contributed by atoms with Crippen molar-refractivity contribution in [3.8, 4) is 0 Å². The van der Waals surface area contributed by atoms with Crippen LogP contribution in [0.25, 0.3) is 11.1 Å². The summed E-state index contributed by atoms with van der Waals surface area (Å²) >= 11 is 0. The first kappa shape index (κ1) is 14.1. The van der Waals surface area contributed by atoms with Crippen LogP contribution in [0.2, 0.25) is 0 Å². The van der Waals surface area contributed by atoms with Gasteiger partial charge in [-0.15, -0.1) is 5.10 Å². The van der Waals surface area contributed by atoms with Gasteiger partial charge in [-0.1, -0.05) is 5.21 Å². The summed E-state index contributed by atoms with van der Waals surface area (Å²) in [5.41, 5.74) is 0.0786. The van der Waals surface area contributed by atoms with Crippen LogP contribution < -0.4 is 4.90 Å². The molecule has 2 aromatic heterocycles. The fourth-order valence-electron chi connectivity index (χ4n) is 3.05. The van der Waals surface area contributed by atoms with Crippen molar-refractivity contribution in [2.75, 3.05) is 18.0 Å². The third-order valence-electron chi connectivity index (χ3n) is 4.09. The maximum Gasteiger partial charge on any atom is 0.298 e. The molecule has 0 amide bonds. The van der Waals surface area contributed by atoms with Gasteiger partial charge < -0.3 is 14.4 Å². The Labute approximate surface area is 131 Å². The number of β-amino-alcohol motifs (C(OH)–C–C–N with tert-alkyl or cyclic N) is 1. The number of hydrogen-bond donors (Lipinski definition) is 1. The number of aliphatic hydroxyl groups is 1. The number of oxazole rings is 1. The second-order valence-corrected chi connectivity index (χ2v) is 5.96. The van der Waals surface area contributed by atoms with Crippen LogP contribution in [0.15, 0.2) is 35.0 Å². The van der Waals surface area contributed by atoms with Gasteiger partial charge in [-0.25, -0.2) is 9.07 Å². The average molecular weight is 317 g/mol. The molecule has 1 aromatic carbocycles. The van der Waals surface area contributed by atoms with Crippen LogP contribution in [-0.2, 0) is 6.54 Å². The summed E-state index contributed by atoms with van der Waals surface area (Å²) in [4.78, 5) is 6.22. The van der Waals surface area contributed by atoms with Crippen molar-refractivity contribution in [2.24, 2.45) is 0 Å². The van der Waals surface area contributed by atoms with Crippen molar-refractivity contribution >= 4 is 17.1 Å². The standard InChI is InChI=1S/C15H16FN5O2/c16-11-2-3-13-12(8-11)18-14(23-13)20-6-1-4-15(22,9-20)10-21-7-5-17-19-21/h2-3,5,7-8,22H,1,4,6,9-10H2. The summed E-state index contributed by atoms with van der Waals surface area (Å²) in [6.45, 7) is 1.47. The monoisotopic (exact) mass is 317 g/mol. The van der Waals surface area contributed by atoms with E-state index in [-0.39, 0.29) is 5.82 Å². The van der Waals surface area contributed by atoms with E-state index in [1.165, 1.54) is 12.1 Å². The van der Waals surface area contributed by atoms with E-state index in [2.05, 4.69) is 15.3 Å². The van der Waals surface area contributed by atoms with E-state index in [0.29, 0.717) is 36.6 Å². The zero-order valence-corrected chi connectivity index (χ0v) is 12.4. The Morgan fingerprint density at radius 1 is 1.39 bits per heavy atom. The van der Waals surface area contributed by atoms with Gasteiger partial charge in [0.2, 0.25) is 0 Å². The first-order valence-electron chi connectivity index (χ1n) is 7.49. The van der Waals surface area contributed by atoms with Gasteiger partial charge in [0.1, 0.15) is 16.9 Å². The van der Waals surface area contributed by atoms with Gasteiger partial charge in [0.05, 0.1) is 19.3 Å². The molecule has 1 saturated heterocycles. The molecule has 1 N–H and O–H groups in total. The van der Waals surface area contributed by atoms with Gasteiger partial charge in [0.15, 0.2) is 5.58 Å². The molecule has 0 saturated carbocycles. The third kappa shape index (κ3) is 2.77. The van der Waals surface area contributed by atoms with E-state index >= 15 is 0 Å². The SMILES string of the molecule is OC1(Cn2ccnn2)CCCN(c2nc3cc(F)ccc3o2)C1. The maximum atomic E-state index is 13.3. The van der Waals surface area contributed by atoms with Gasteiger partial charge in [-0.3, -0.25) is 0 Å². The van der Waals surface area contributed by atoms with Crippen LogP contribution in [0.4, 0.5) is 10.4 Å². The van der Waals surface area contributed by atoms with Crippen LogP contribution in [0.3, 0.4) is 0 Å². The Kier molecular flexibility index (Phi) is 3.26. The number of rotatable bonds is 3. The number of benzene rings is 1. The first-order chi connectivity index (χ1) is 11.1. The minimum Gasteiger partial charge on any atom is -0.423 e. The smallest absolute Gasteiger partial charge is 0.298 e. The molecule has 1 unspecified atom stereocenters. The highest BCUT2D eigenvalue weighted by Crippen LogP contribution is 2.29. The lowest BCUT2D eigenvalue weighted by atomic mass is 9.93. The van der Waals surface area contributed by atoms with E-state index in [4.69, 9.17) is 4.42 Å². The molecule has 4 rings (SSSR count). The zero-order valence-electron chi connectivity index (χ0n) is 12.4. The van der Waals surface area contributed by atoms with Crippen molar-refractivity contribution < 1.29 is 13.9 Å². The number of nitrogens with zero attached hydrogens (tertiary/aromatic N) is 5. The molecule has 0 bridgehead atoms. The van der Waals surface area contributed by atoms with E-state index in [9.17, 15) is 9.50 Å². The predicted molar refractivity (Wildman–Crippen MR) is 80.4 cm³/mol. The van der Waals surface area contributed by atoms with Gasteiger partial charge in [-0.05, 0) is 25.0 Å². The summed E-state index contributed by atoms with van der Waals surface area (Å²) in [6, 6.07) is 4.65. The van der Waals surface area contributed by atoms with Crippen molar-refractivity contribution in [3.63, 3.8) is 0 Å². The number of anilines is 1. The third-order valence-corrected chi connectivity index (χ3v) is 4.09. The van der Waals surface area contributed by atoms with E-state index < -0.39 is 5.60 Å². The summed E-state index contributed by atoms with van der Waals surface area (Å²) < 4.78 is 20.6. The molecule has 0 radical (unpaired) electrons. The molecule has 8 heteroatoms.